The molecule has 0 N–H and O–H groups in total. The highest BCUT2D eigenvalue weighted by atomic mass is 32.2. The molecule has 3 aromatic rings. The zero-order valence-electron chi connectivity index (χ0n) is 14.8. The van der Waals surface area contributed by atoms with E-state index in [1.165, 1.54) is 28.7 Å². The number of thiophene rings is 1. The van der Waals surface area contributed by atoms with Gasteiger partial charge in [-0.05, 0) is 36.6 Å². The summed E-state index contributed by atoms with van der Waals surface area (Å²) in [5.74, 6) is 0.913. The Balaban J connectivity index is 1.56. The number of ether oxygens (including phenoxy) is 1. The van der Waals surface area contributed by atoms with Crippen molar-refractivity contribution in [2.75, 3.05) is 26.3 Å². The lowest BCUT2D eigenvalue weighted by atomic mass is 10.2. The van der Waals surface area contributed by atoms with Crippen LogP contribution in [0.15, 0.2) is 22.6 Å². The summed E-state index contributed by atoms with van der Waals surface area (Å²) in [5, 5.41) is 3.30. The quantitative estimate of drug-likeness (QED) is 0.642. The zero-order chi connectivity index (χ0) is 17.5. The van der Waals surface area contributed by atoms with Gasteiger partial charge in [-0.1, -0.05) is 0 Å². The number of nitrogens with zero attached hydrogens (tertiary/aromatic N) is 5. The molecule has 136 valence electrons. The first-order chi connectivity index (χ1) is 12.8. The molecule has 0 saturated carbocycles. The van der Waals surface area contributed by atoms with Crippen LogP contribution in [0.2, 0.25) is 0 Å². The van der Waals surface area contributed by atoms with Gasteiger partial charge in [-0.15, -0.1) is 11.3 Å². The van der Waals surface area contributed by atoms with E-state index < -0.39 is 0 Å². The van der Waals surface area contributed by atoms with E-state index in [-0.39, 0.29) is 0 Å². The maximum atomic E-state index is 5.46. The van der Waals surface area contributed by atoms with Gasteiger partial charge in [0.2, 0.25) is 0 Å². The second-order valence-corrected chi connectivity index (χ2v) is 8.83. The van der Waals surface area contributed by atoms with Crippen LogP contribution in [0, 0.1) is 0 Å². The highest BCUT2D eigenvalue weighted by Crippen LogP contribution is 2.41. The molecule has 8 heteroatoms. The molecule has 2 aliphatic rings. The zero-order valence-corrected chi connectivity index (χ0v) is 16.4. The molecule has 0 bridgehead atoms. The largest absolute Gasteiger partial charge is 0.379 e. The number of morpholine rings is 1. The Morgan fingerprint density at radius 3 is 2.92 bits per heavy atom. The van der Waals surface area contributed by atoms with Gasteiger partial charge in [-0.2, -0.15) is 0 Å². The predicted molar refractivity (Wildman–Crippen MR) is 103 cm³/mol. The third kappa shape index (κ3) is 3.05. The molecule has 1 fully saturated rings. The fraction of sp³-hybridized carbons (Fsp3) is 0.500. The Morgan fingerprint density at radius 1 is 1.23 bits per heavy atom. The number of rotatable bonds is 4. The highest BCUT2D eigenvalue weighted by Gasteiger charge is 2.24. The van der Waals surface area contributed by atoms with Gasteiger partial charge < -0.3 is 9.30 Å². The van der Waals surface area contributed by atoms with Crippen molar-refractivity contribution in [1.82, 2.24) is 24.4 Å². The summed E-state index contributed by atoms with van der Waals surface area (Å²) in [4.78, 5) is 19.4. The Bertz CT molecular complexity index is 945. The van der Waals surface area contributed by atoms with E-state index in [4.69, 9.17) is 14.7 Å². The monoisotopic (exact) mass is 387 g/mol. The SMILES string of the molecule is Cn1ccnc1Sc1nc(CN2CCOCC2)nc2sc3c(c12)CCC3. The molecule has 5 rings (SSSR count). The summed E-state index contributed by atoms with van der Waals surface area (Å²) < 4.78 is 7.51. The predicted octanol–water partition coefficient (Wildman–Crippen LogP) is 2.90. The lowest BCUT2D eigenvalue weighted by Crippen LogP contribution is -2.36. The third-order valence-corrected chi connectivity index (χ3v) is 7.26. The molecule has 0 radical (unpaired) electrons. The smallest absolute Gasteiger partial charge is 0.174 e. The molecule has 0 atom stereocenters. The van der Waals surface area contributed by atoms with Crippen molar-refractivity contribution in [2.45, 2.75) is 36.0 Å². The van der Waals surface area contributed by atoms with Crippen molar-refractivity contribution in [3.63, 3.8) is 0 Å². The fourth-order valence-electron chi connectivity index (χ4n) is 3.65. The van der Waals surface area contributed by atoms with Crippen molar-refractivity contribution in [1.29, 1.82) is 0 Å². The van der Waals surface area contributed by atoms with Crippen LogP contribution in [0.25, 0.3) is 10.2 Å². The molecule has 26 heavy (non-hydrogen) atoms. The first-order valence-electron chi connectivity index (χ1n) is 9.04. The number of imidazole rings is 1. The first kappa shape index (κ1) is 16.7. The number of fused-ring (bicyclic) bond motifs is 3. The summed E-state index contributed by atoms with van der Waals surface area (Å²) in [6, 6.07) is 0. The van der Waals surface area contributed by atoms with Gasteiger partial charge in [-0.25, -0.2) is 15.0 Å². The van der Waals surface area contributed by atoms with E-state index in [9.17, 15) is 0 Å². The first-order valence-corrected chi connectivity index (χ1v) is 10.7. The molecular weight excluding hydrogens is 366 g/mol. The average Bonchev–Trinajstić information content (AvgIpc) is 3.32. The summed E-state index contributed by atoms with van der Waals surface area (Å²) in [7, 11) is 2.03. The average molecular weight is 388 g/mol. The van der Waals surface area contributed by atoms with E-state index in [0.717, 1.165) is 60.1 Å². The summed E-state index contributed by atoms with van der Waals surface area (Å²) in [6.45, 7) is 4.28. The van der Waals surface area contributed by atoms with E-state index in [2.05, 4.69) is 9.88 Å². The van der Waals surface area contributed by atoms with E-state index >= 15 is 0 Å². The van der Waals surface area contributed by atoms with Gasteiger partial charge in [0.15, 0.2) is 5.16 Å². The van der Waals surface area contributed by atoms with E-state index in [1.54, 1.807) is 11.8 Å². The topological polar surface area (TPSA) is 56.1 Å². The van der Waals surface area contributed by atoms with E-state index in [0.29, 0.717) is 0 Å². The lowest BCUT2D eigenvalue weighted by molar-refractivity contribution is 0.0330. The maximum Gasteiger partial charge on any atom is 0.174 e. The second-order valence-electron chi connectivity index (χ2n) is 6.79. The normalized spacial score (nSPS) is 17.9. The Morgan fingerprint density at radius 2 is 2.12 bits per heavy atom. The molecule has 0 spiro atoms. The minimum Gasteiger partial charge on any atom is -0.379 e. The molecule has 1 aliphatic carbocycles. The van der Waals surface area contributed by atoms with Crippen LogP contribution in [-0.2, 0) is 31.2 Å². The summed E-state index contributed by atoms with van der Waals surface area (Å²) in [5.41, 5.74) is 1.47. The molecule has 6 nitrogen and oxygen atoms in total. The van der Waals surface area contributed by atoms with Gasteiger partial charge in [-0.3, -0.25) is 4.90 Å². The van der Waals surface area contributed by atoms with Crippen LogP contribution >= 0.6 is 23.1 Å². The number of aryl methyl sites for hydroxylation is 3. The van der Waals surface area contributed by atoms with Gasteiger partial charge >= 0.3 is 0 Å². The van der Waals surface area contributed by atoms with Gasteiger partial charge in [0.25, 0.3) is 0 Å². The molecular formula is C18H21N5OS2. The van der Waals surface area contributed by atoms with Gasteiger partial charge in [0.05, 0.1) is 19.8 Å². The van der Waals surface area contributed by atoms with Crippen LogP contribution < -0.4 is 0 Å². The number of hydrogen-bond acceptors (Lipinski definition) is 7. The second kappa shape index (κ2) is 6.92. The third-order valence-electron chi connectivity index (χ3n) is 5.01. The molecule has 0 unspecified atom stereocenters. The van der Waals surface area contributed by atoms with Gasteiger partial charge in [0, 0.05) is 42.8 Å². The van der Waals surface area contributed by atoms with Crippen molar-refractivity contribution in [2.24, 2.45) is 7.05 Å². The Hall–Kier alpha value is -1.48. The Labute approximate surface area is 160 Å². The van der Waals surface area contributed by atoms with Gasteiger partial charge in [0.1, 0.15) is 15.7 Å². The standard InChI is InChI=1S/C18H21N5OS2/c1-22-6-5-19-18(22)26-17-15-12-3-2-4-13(12)25-16(15)20-14(21-17)11-23-7-9-24-10-8-23/h5-6H,2-4,7-11H2,1H3. The van der Waals surface area contributed by atoms with Crippen LogP contribution in [0.3, 0.4) is 0 Å². The van der Waals surface area contributed by atoms with Crippen LogP contribution in [0.1, 0.15) is 22.7 Å². The van der Waals surface area contributed by atoms with Crippen LogP contribution in [0.4, 0.5) is 0 Å². The fourth-order valence-corrected chi connectivity index (χ4v) is 5.95. The van der Waals surface area contributed by atoms with Crippen LogP contribution in [0.5, 0.6) is 0 Å². The van der Waals surface area contributed by atoms with Crippen molar-refractivity contribution in [3.8, 4) is 0 Å². The number of aromatic nitrogens is 4. The molecule has 1 saturated heterocycles. The summed E-state index contributed by atoms with van der Waals surface area (Å²) >= 11 is 3.52. The highest BCUT2D eigenvalue weighted by molar-refractivity contribution is 7.99. The van der Waals surface area contributed by atoms with Crippen molar-refractivity contribution in [3.05, 3.63) is 28.7 Å². The maximum absolute atomic E-state index is 5.46. The minimum absolute atomic E-state index is 0.788. The van der Waals surface area contributed by atoms with Crippen LogP contribution in [-0.4, -0.2) is 50.7 Å². The van der Waals surface area contributed by atoms with Crippen molar-refractivity contribution < 1.29 is 4.74 Å². The molecule has 1 aliphatic heterocycles. The molecule has 4 heterocycles. The van der Waals surface area contributed by atoms with Crippen molar-refractivity contribution >= 4 is 33.3 Å². The molecule has 0 aromatic carbocycles. The number of hydrogen-bond donors (Lipinski definition) is 0. The summed E-state index contributed by atoms with van der Waals surface area (Å²) in [6.07, 6.45) is 7.40. The lowest BCUT2D eigenvalue weighted by Gasteiger charge is -2.25. The Kier molecular flexibility index (Phi) is 4.44. The molecule has 3 aromatic heterocycles. The molecule has 0 amide bonds. The van der Waals surface area contributed by atoms with E-state index in [1.807, 2.05) is 35.3 Å². The minimum atomic E-state index is 0.788.